The van der Waals surface area contributed by atoms with E-state index >= 15 is 0 Å². The number of piperazine rings is 1. The van der Waals surface area contributed by atoms with Crippen LogP contribution in [-0.2, 0) is 16.6 Å². The summed E-state index contributed by atoms with van der Waals surface area (Å²) in [5.41, 5.74) is 3.59. The van der Waals surface area contributed by atoms with E-state index in [2.05, 4.69) is 42.0 Å². The fraction of sp³-hybridized carbons (Fsp3) is 0.586. The Bertz CT molecular complexity index is 1110. The highest BCUT2D eigenvalue weighted by atomic mass is 19.1. The highest BCUT2D eigenvalue weighted by Crippen LogP contribution is 2.39. The van der Waals surface area contributed by atoms with E-state index in [0.29, 0.717) is 25.6 Å². The normalized spacial score (nSPS) is 26.0. The van der Waals surface area contributed by atoms with Crippen molar-refractivity contribution in [2.75, 3.05) is 50.8 Å². The molecule has 3 aliphatic heterocycles. The molecule has 0 unspecified atom stereocenters. The molecule has 0 spiro atoms. The number of pyridine rings is 1. The molecule has 1 N–H and O–H groups in total. The number of alkyl halides is 1. The van der Waals surface area contributed by atoms with Crippen molar-refractivity contribution in [3.8, 4) is 0 Å². The maximum atomic E-state index is 13.8. The zero-order chi connectivity index (χ0) is 26.2. The van der Waals surface area contributed by atoms with Gasteiger partial charge in [0.2, 0.25) is 5.91 Å². The lowest BCUT2D eigenvalue weighted by atomic mass is 9.91. The quantitative estimate of drug-likeness (QED) is 0.617. The van der Waals surface area contributed by atoms with Crippen LogP contribution in [0, 0.1) is 5.82 Å². The van der Waals surface area contributed by atoms with Crippen molar-refractivity contribution >= 4 is 11.6 Å². The molecule has 5 rings (SSSR count). The lowest BCUT2D eigenvalue weighted by molar-refractivity contribution is -0.120. The number of carbonyl (C=O) groups excluding carboxylic acids is 1. The van der Waals surface area contributed by atoms with Gasteiger partial charge in [-0.1, -0.05) is 26.0 Å². The Balaban J connectivity index is 1.33. The molecule has 3 aliphatic rings. The molecule has 200 valence electrons. The van der Waals surface area contributed by atoms with Gasteiger partial charge in [-0.3, -0.25) is 19.6 Å². The zero-order valence-electron chi connectivity index (χ0n) is 22.2. The van der Waals surface area contributed by atoms with Gasteiger partial charge in [0.25, 0.3) is 0 Å². The van der Waals surface area contributed by atoms with Crippen molar-refractivity contribution in [1.82, 2.24) is 20.1 Å². The number of carbonyl (C=O) groups is 1. The van der Waals surface area contributed by atoms with E-state index in [1.165, 1.54) is 12.1 Å². The second-order valence-electron chi connectivity index (χ2n) is 11.7. The van der Waals surface area contributed by atoms with Crippen LogP contribution in [0.15, 0.2) is 36.5 Å². The molecular weight excluding hydrogens is 472 g/mol. The van der Waals surface area contributed by atoms with E-state index in [0.717, 1.165) is 61.5 Å². The SMILES string of the molecule is C[C@@H]1CN(CC(=O)N2CC(C)(C)c3ncc(Cc4ccc(F)cc4)cc32)[C@@H](CN2CCC[C@H]2CF)CN1. The molecule has 2 saturated heterocycles. The first-order valence-corrected chi connectivity index (χ1v) is 13.5. The summed E-state index contributed by atoms with van der Waals surface area (Å²) < 4.78 is 26.9. The number of halogens is 2. The minimum absolute atomic E-state index is 0.00811. The first-order valence-electron chi connectivity index (χ1n) is 13.5. The van der Waals surface area contributed by atoms with Crippen molar-refractivity contribution in [1.29, 1.82) is 0 Å². The van der Waals surface area contributed by atoms with E-state index in [-0.39, 0.29) is 35.9 Å². The topological polar surface area (TPSA) is 51.7 Å². The highest BCUT2D eigenvalue weighted by molar-refractivity contribution is 5.97. The van der Waals surface area contributed by atoms with Crippen LogP contribution in [-0.4, -0.2) is 84.8 Å². The number of nitrogens with one attached hydrogen (secondary N) is 1. The summed E-state index contributed by atoms with van der Waals surface area (Å²) in [5.74, 6) is -0.171. The summed E-state index contributed by atoms with van der Waals surface area (Å²) in [6, 6.07) is 9.07. The van der Waals surface area contributed by atoms with Crippen LogP contribution < -0.4 is 10.2 Å². The molecule has 0 saturated carbocycles. The molecule has 37 heavy (non-hydrogen) atoms. The number of hydrogen-bond donors (Lipinski definition) is 1. The van der Waals surface area contributed by atoms with Gasteiger partial charge in [-0.05, 0) is 62.1 Å². The van der Waals surface area contributed by atoms with Gasteiger partial charge >= 0.3 is 0 Å². The summed E-state index contributed by atoms with van der Waals surface area (Å²) in [6.07, 6.45) is 4.46. The molecular formula is C29H39F2N5O. The third-order valence-corrected chi connectivity index (χ3v) is 8.22. The predicted molar refractivity (Wildman–Crippen MR) is 142 cm³/mol. The first kappa shape index (κ1) is 26.2. The molecule has 1 amide bonds. The number of benzene rings is 1. The zero-order valence-corrected chi connectivity index (χ0v) is 22.2. The third-order valence-electron chi connectivity index (χ3n) is 8.22. The van der Waals surface area contributed by atoms with Crippen LogP contribution in [0.4, 0.5) is 14.5 Å². The summed E-state index contributed by atoms with van der Waals surface area (Å²) in [4.78, 5) is 25.0. The molecule has 2 fully saturated rings. The van der Waals surface area contributed by atoms with Crippen LogP contribution in [0.1, 0.15) is 50.4 Å². The van der Waals surface area contributed by atoms with E-state index in [9.17, 15) is 13.6 Å². The van der Waals surface area contributed by atoms with Crippen LogP contribution >= 0.6 is 0 Å². The Kier molecular flexibility index (Phi) is 7.61. The van der Waals surface area contributed by atoms with Gasteiger partial charge in [0.1, 0.15) is 12.5 Å². The predicted octanol–water partition coefficient (Wildman–Crippen LogP) is 3.53. The Hall–Kier alpha value is -2.42. The molecule has 1 aromatic carbocycles. The van der Waals surface area contributed by atoms with Crippen molar-refractivity contribution < 1.29 is 13.6 Å². The Morgan fingerprint density at radius 2 is 1.95 bits per heavy atom. The molecule has 8 heteroatoms. The van der Waals surface area contributed by atoms with Gasteiger partial charge in [-0.15, -0.1) is 0 Å². The Labute approximate surface area is 219 Å². The summed E-state index contributed by atoms with van der Waals surface area (Å²) in [5, 5.41) is 3.55. The van der Waals surface area contributed by atoms with Crippen molar-refractivity contribution in [3.63, 3.8) is 0 Å². The number of aromatic nitrogens is 1. The van der Waals surface area contributed by atoms with E-state index in [1.807, 2.05) is 11.1 Å². The first-order chi connectivity index (χ1) is 17.7. The number of rotatable bonds is 7. The van der Waals surface area contributed by atoms with Crippen molar-refractivity contribution in [2.24, 2.45) is 0 Å². The summed E-state index contributed by atoms with van der Waals surface area (Å²) >= 11 is 0. The number of amides is 1. The fourth-order valence-corrected chi connectivity index (χ4v) is 6.18. The van der Waals surface area contributed by atoms with E-state index in [4.69, 9.17) is 4.98 Å². The lowest BCUT2D eigenvalue weighted by Crippen LogP contribution is -2.61. The summed E-state index contributed by atoms with van der Waals surface area (Å²) in [6.45, 7) is 10.3. The van der Waals surface area contributed by atoms with Gasteiger partial charge in [0.15, 0.2) is 0 Å². The molecule has 2 aromatic rings. The number of hydrogen-bond acceptors (Lipinski definition) is 5. The standard InChI is InChI=1S/C29H39F2N5O/c1-20-16-35(25(15-32-20)17-34-10-4-5-24(34)13-30)18-27(37)36-19-29(2,3)28-26(36)12-22(14-33-28)11-21-6-8-23(31)9-7-21/h6-9,12,14,20,24-25,32H,4-5,10-11,13,15-19H2,1-3H3/t20-,24+,25-/m1/s1. The molecule has 0 radical (unpaired) electrons. The average molecular weight is 512 g/mol. The number of fused-ring (bicyclic) bond motifs is 1. The maximum Gasteiger partial charge on any atom is 0.241 e. The van der Waals surface area contributed by atoms with Crippen LogP contribution in [0.3, 0.4) is 0 Å². The Morgan fingerprint density at radius 3 is 2.70 bits per heavy atom. The molecule has 3 atom stereocenters. The monoisotopic (exact) mass is 511 g/mol. The van der Waals surface area contributed by atoms with E-state index in [1.54, 1.807) is 12.1 Å². The second-order valence-corrected chi connectivity index (χ2v) is 11.7. The Morgan fingerprint density at radius 1 is 1.16 bits per heavy atom. The minimum Gasteiger partial charge on any atom is -0.311 e. The average Bonchev–Trinajstić information content (AvgIpc) is 3.43. The second kappa shape index (κ2) is 10.8. The maximum absolute atomic E-state index is 13.8. The van der Waals surface area contributed by atoms with Gasteiger partial charge in [-0.2, -0.15) is 0 Å². The molecule has 4 heterocycles. The van der Waals surface area contributed by atoms with Gasteiger partial charge in [0, 0.05) is 55.9 Å². The summed E-state index contributed by atoms with van der Waals surface area (Å²) in [7, 11) is 0. The van der Waals surface area contributed by atoms with Crippen LogP contribution in [0.2, 0.25) is 0 Å². The third kappa shape index (κ3) is 5.71. The van der Waals surface area contributed by atoms with E-state index < -0.39 is 0 Å². The number of nitrogens with zero attached hydrogens (tertiary/aromatic N) is 4. The largest absolute Gasteiger partial charge is 0.311 e. The van der Waals surface area contributed by atoms with Crippen LogP contribution in [0.5, 0.6) is 0 Å². The fourth-order valence-electron chi connectivity index (χ4n) is 6.18. The van der Waals surface area contributed by atoms with Gasteiger partial charge in [-0.25, -0.2) is 8.78 Å². The highest BCUT2D eigenvalue weighted by Gasteiger charge is 2.41. The number of likely N-dealkylation sites (tertiary alicyclic amines) is 1. The molecule has 6 nitrogen and oxygen atoms in total. The lowest BCUT2D eigenvalue weighted by Gasteiger charge is -2.41. The van der Waals surface area contributed by atoms with Crippen molar-refractivity contribution in [2.45, 2.75) is 63.6 Å². The smallest absolute Gasteiger partial charge is 0.241 e. The molecule has 1 aromatic heterocycles. The van der Waals surface area contributed by atoms with Crippen molar-refractivity contribution in [3.05, 3.63) is 59.2 Å². The molecule has 0 aliphatic carbocycles. The molecule has 0 bridgehead atoms. The number of anilines is 1. The van der Waals surface area contributed by atoms with Gasteiger partial charge < -0.3 is 10.2 Å². The van der Waals surface area contributed by atoms with Gasteiger partial charge in [0.05, 0.1) is 17.9 Å². The minimum atomic E-state index is -0.303. The van der Waals surface area contributed by atoms with Crippen LogP contribution in [0.25, 0.3) is 0 Å².